The van der Waals surface area contributed by atoms with Crippen LogP contribution in [0.25, 0.3) is 0 Å². The number of amides is 1. The van der Waals surface area contributed by atoms with Crippen molar-refractivity contribution in [3.05, 3.63) is 0 Å². The van der Waals surface area contributed by atoms with E-state index < -0.39 is 18.1 Å². The van der Waals surface area contributed by atoms with E-state index in [4.69, 9.17) is 10.6 Å². The fraction of sp³-hybridized carbons (Fsp3) is 0.800. The predicted octanol–water partition coefficient (Wildman–Crippen LogP) is -1.82. The average Bonchev–Trinajstić information content (AvgIpc) is 2.30. The van der Waals surface area contributed by atoms with E-state index in [0.717, 1.165) is 12.3 Å². The number of nitrogens with two attached hydrogens (primary N) is 1. The normalized spacial score (nSPS) is 26.4. The van der Waals surface area contributed by atoms with Crippen molar-refractivity contribution in [3.8, 4) is 0 Å². The van der Waals surface area contributed by atoms with Crippen molar-refractivity contribution in [1.82, 2.24) is 10.6 Å². The number of aliphatic hydroxyl groups excluding tert-OH is 1. The van der Waals surface area contributed by atoms with Gasteiger partial charge in [0.25, 0.3) is 0 Å². The Balaban J connectivity index is 2.59. The Kier molecular flexibility index (Phi) is 5.33. The number of hydrogen-bond donors (Lipinski definition) is 4. The molecule has 1 unspecified atom stereocenters. The molecule has 7 heteroatoms. The molecule has 0 aromatic rings. The predicted molar refractivity (Wildman–Crippen MR) is 63.5 cm³/mol. The van der Waals surface area contributed by atoms with Gasteiger partial charge in [-0.3, -0.25) is 4.79 Å². The molecule has 3 atom stereocenters. The second-order valence-corrected chi connectivity index (χ2v) is 4.05. The lowest BCUT2D eigenvalue weighted by molar-refractivity contribution is -0.124. The summed E-state index contributed by atoms with van der Waals surface area (Å²) in [6, 6.07) is -1.17. The quantitative estimate of drug-likeness (QED) is 0.435. The summed E-state index contributed by atoms with van der Waals surface area (Å²) in [6.45, 7) is 2.87. The van der Waals surface area contributed by atoms with E-state index in [1.807, 2.05) is 0 Å². The fourth-order valence-corrected chi connectivity index (χ4v) is 1.60. The van der Waals surface area contributed by atoms with Gasteiger partial charge in [-0.2, -0.15) is 0 Å². The lowest BCUT2D eigenvalue weighted by Gasteiger charge is -2.27. The van der Waals surface area contributed by atoms with Gasteiger partial charge in [-0.25, -0.2) is 0 Å². The number of nitrogens with zero attached hydrogens (tertiary/aromatic N) is 1. The third-order valence-electron chi connectivity index (χ3n) is 2.66. The SMILES string of the molecule is CON=C1CCNCC1NC(=O)[C@@H](N)[C@@H](C)O. The monoisotopic (exact) mass is 244 g/mol. The van der Waals surface area contributed by atoms with Gasteiger partial charge in [-0.15, -0.1) is 0 Å². The summed E-state index contributed by atoms with van der Waals surface area (Å²) in [4.78, 5) is 16.4. The van der Waals surface area contributed by atoms with Crippen LogP contribution < -0.4 is 16.4 Å². The summed E-state index contributed by atoms with van der Waals surface area (Å²) in [5, 5.41) is 19.0. The van der Waals surface area contributed by atoms with Gasteiger partial charge in [0, 0.05) is 19.5 Å². The second kappa shape index (κ2) is 6.53. The lowest BCUT2D eigenvalue weighted by atomic mass is 10.0. The molecule has 0 aliphatic carbocycles. The van der Waals surface area contributed by atoms with Gasteiger partial charge in [-0.1, -0.05) is 5.16 Å². The molecule has 0 bridgehead atoms. The standard InChI is InChI=1S/C10H20N4O3/c1-6(15)9(11)10(16)13-8-5-12-4-3-7(8)14-17-2/h6,8-9,12,15H,3-5,11H2,1-2H3,(H,13,16)/t6-,8?,9+/m1/s1. The summed E-state index contributed by atoms with van der Waals surface area (Å²) >= 11 is 0. The minimum Gasteiger partial charge on any atom is -0.399 e. The fourth-order valence-electron chi connectivity index (χ4n) is 1.60. The van der Waals surface area contributed by atoms with Gasteiger partial charge in [-0.05, 0) is 6.92 Å². The van der Waals surface area contributed by atoms with Crippen molar-refractivity contribution in [2.24, 2.45) is 10.9 Å². The van der Waals surface area contributed by atoms with Crippen LogP contribution in [-0.4, -0.2) is 55.1 Å². The summed E-state index contributed by atoms with van der Waals surface area (Å²) in [7, 11) is 1.47. The first-order valence-electron chi connectivity index (χ1n) is 5.61. The molecule has 0 spiro atoms. The average molecular weight is 244 g/mol. The maximum absolute atomic E-state index is 11.7. The lowest BCUT2D eigenvalue weighted by Crippen LogP contribution is -2.57. The van der Waals surface area contributed by atoms with Gasteiger partial charge in [0.1, 0.15) is 13.2 Å². The topological polar surface area (TPSA) is 109 Å². The smallest absolute Gasteiger partial charge is 0.240 e. The molecule has 7 nitrogen and oxygen atoms in total. The molecule has 1 amide bonds. The van der Waals surface area contributed by atoms with Crippen molar-refractivity contribution in [1.29, 1.82) is 0 Å². The van der Waals surface area contributed by atoms with Crippen LogP contribution in [0, 0.1) is 0 Å². The van der Waals surface area contributed by atoms with Crippen LogP contribution in [0.2, 0.25) is 0 Å². The molecule has 0 aromatic carbocycles. The zero-order valence-corrected chi connectivity index (χ0v) is 10.1. The number of carbonyl (C=O) groups excluding carboxylic acids is 1. The molecular weight excluding hydrogens is 224 g/mol. The third kappa shape index (κ3) is 3.95. The first-order chi connectivity index (χ1) is 8.06. The highest BCUT2D eigenvalue weighted by atomic mass is 16.6. The molecule has 1 rings (SSSR count). The molecule has 1 aliphatic heterocycles. The van der Waals surface area contributed by atoms with Gasteiger partial charge in [0.15, 0.2) is 0 Å². The molecule has 5 N–H and O–H groups in total. The highest BCUT2D eigenvalue weighted by Gasteiger charge is 2.26. The van der Waals surface area contributed by atoms with Gasteiger partial charge < -0.3 is 26.3 Å². The minimum atomic E-state index is -0.930. The number of nitrogens with one attached hydrogen (secondary N) is 2. The van der Waals surface area contributed by atoms with Gasteiger partial charge in [0.2, 0.25) is 5.91 Å². The number of carbonyl (C=O) groups is 1. The van der Waals surface area contributed by atoms with E-state index >= 15 is 0 Å². The van der Waals surface area contributed by atoms with Crippen molar-refractivity contribution >= 4 is 11.6 Å². The van der Waals surface area contributed by atoms with Crippen LogP contribution in [-0.2, 0) is 9.63 Å². The summed E-state index contributed by atoms with van der Waals surface area (Å²) in [6.07, 6.45) is -0.169. The highest BCUT2D eigenvalue weighted by Crippen LogP contribution is 2.01. The zero-order chi connectivity index (χ0) is 12.8. The Morgan fingerprint density at radius 3 is 3.06 bits per heavy atom. The van der Waals surface area contributed by atoms with E-state index in [0.29, 0.717) is 13.0 Å². The summed E-state index contributed by atoms with van der Waals surface area (Å²) < 4.78 is 0. The first-order valence-corrected chi connectivity index (χ1v) is 5.61. The van der Waals surface area contributed by atoms with Crippen LogP contribution >= 0.6 is 0 Å². The molecule has 0 aromatic heterocycles. The molecule has 1 saturated heterocycles. The summed E-state index contributed by atoms with van der Waals surface area (Å²) in [5.41, 5.74) is 6.32. The number of aliphatic hydroxyl groups is 1. The van der Waals surface area contributed by atoms with Gasteiger partial charge >= 0.3 is 0 Å². The van der Waals surface area contributed by atoms with Crippen molar-refractivity contribution in [2.45, 2.75) is 31.5 Å². The molecule has 0 saturated carbocycles. The van der Waals surface area contributed by atoms with Gasteiger partial charge in [0.05, 0.1) is 17.9 Å². The molecule has 1 aliphatic rings. The molecule has 98 valence electrons. The molecule has 0 radical (unpaired) electrons. The highest BCUT2D eigenvalue weighted by molar-refractivity contribution is 5.94. The Morgan fingerprint density at radius 2 is 2.47 bits per heavy atom. The van der Waals surface area contributed by atoms with E-state index in [9.17, 15) is 9.90 Å². The maximum Gasteiger partial charge on any atom is 0.240 e. The Hall–Kier alpha value is -1.18. The second-order valence-electron chi connectivity index (χ2n) is 4.05. The van der Waals surface area contributed by atoms with Crippen LogP contribution in [0.4, 0.5) is 0 Å². The molecule has 17 heavy (non-hydrogen) atoms. The van der Waals surface area contributed by atoms with E-state index in [1.54, 1.807) is 0 Å². The number of hydrogen-bond acceptors (Lipinski definition) is 6. The minimum absolute atomic E-state index is 0.235. The molecular formula is C10H20N4O3. The van der Waals surface area contributed by atoms with Crippen LogP contribution in [0.3, 0.4) is 0 Å². The number of rotatable bonds is 4. The Labute approximate surface area is 100 Å². The van der Waals surface area contributed by atoms with Crippen LogP contribution in [0.1, 0.15) is 13.3 Å². The van der Waals surface area contributed by atoms with Crippen LogP contribution in [0.15, 0.2) is 5.16 Å². The summed E-state index contributed by atoms with van der Waals surface area (Å²) in [5.74, 6) is -0.391. The first kappa shape index (κ1) is 13.9. The van der Waals surface area contributed by atoms with E-state index in [-0.39, 0.29) is 6.04 Å². The number of piperidine rings is 1. The van der Waals surface area contributed by atoms with E-state index in [2.05, 4.69) is 15.8 Å². The largest absolute Gasteiger partial charge is 0.399 e. The van der Waals surface area contributed by atoms with Crippen molar-refractivity contribution < 1.29 is 14.7 Å². The van der Waals surface area contributed by atoms with Crippen molar-refractivity contribution in [3.63, 3.8) is 0 Å². The van der Waals surface area contributed by atoms with Crippen LogP contribution in [0.5, 0.6) is 0 Å². The van der Waals surface area contributed by atoms with E-state index in [1.165, 1.54) is 14.0 Å². The molecule has 1 fully saturated rings. The maximum atomic E-state index is 11.7. The Bertz CT molecular complexity index is 293. The van der Waals surface area contributed by atoms with Crippen molar-refractivity contribution in [2.75, 3.05) is 20.2 Å². The number of oxime groups is 1. The molecule has 1 heterocycles. The Morgan fingerprint density at radius 1 is 1.76 bits per heavy atom. The zero-order valence-electron chi connectivity index (χ0n) is 10.1. The third-order valence-corrected chi connectivity index (χ3v) is 2.66.